The minimum absolute atomic E-state index is 0.288. The van der Waals surface area contributed by atoms with E-state index in [4.69, 9.17) is 34.7 Å². The normalized spacial score (nSPS) is 10.2. The van der Waals surface area contributed by atoms with Gasteiger partial charge in [0.25, 0.3) is 5.91 Å². The number of carbonyl (C=O) groups is 1. The van der Waals surface area contributed by atoms with Crippen molar-refractivity contribution in [3.05, 3.63) is 52.0 Å². The second-order valence-electron chi connectivity index (χ2n) is 3.92. The van der Waals surface area contributed by atoms with Gasteiger partial charge >= 0.3 is 0 Å². The number of nitrogens with one attached hydrogen (secondary N) is 1. The molecule has 19 heavy (non-hydrogen) atoms. The standard InChI is InChI=1S/C13H11Cl2N3O/c14-7-1-3-10(15)12(5-7)18-11-4-2-8(16)6-9(11)13(17)19/h1-6,18H,16H2,(H2,17,19). The van der Waals surface area contributed by atoms with E-state index in [1.165, 1.54) is 6.07 Å². The van der Waals surface area contributed by atoms with Crippen molar-refractivity contribution in [2.45, 2.75) is 0 Å². The van der Waals surface area contributed by atoms with Gasteiger partial charge in [0.2, 0.25) is 0 Å². The van der Waals surface area contributed by atoms with Crippen molar-refractivity contribution >= 4 is 46.2 Å². The number of hydrogen-bond donors (Lipinski definition) is 3. The van der Waals surface area contributed by atoms with Gasteiger partial charge in [-0.05, 0) is 36.4 Å². The first kappa shape index (κ1) is 13.5. The molecule has 0 heterocycles. The molecule has 98 valence electrons. The number of amides is 1. The van der Waals surface area contributed by atoms with Gasteiger partial charge in [-0.3, -0.25) is 4.79 Å². The summed E-state index contributed by atoms with van der Waals surface area (Å²) in [6.45, 7) is 0. The van der Waals surface area contributed by atoms with E-state index in [0.717, 1.165) is 0 Å². The molecule has 4 nitrogen and oxygen atoms in total. The van der Waals surface area contributed by atoms with Gasteiger partial charge in [-0.15, -0.1) is 0 Å². The van der Waals surface area contributed by atoms with Crippen molar-refractivity contribution in [2.24, 2.45) is 5.73 Å². The van der Waals surface area contributed by atoms with Gasteiger partial charge in [-0.25, -0.2) is 0 Å². The number of benzene rings is 2. The molecule has 0 aliphatic rings. The molecule has 0 radical (unpaired) electrons. The minimum Gasteiger partial charge on any atom is -0.399 e. The predicted octanol–water partition coefficient (Wildman–Crippen LogP) is 3.42. The lowest BCUT2D eigenvalue weighted by molar-refractivity contribution is 0.100. The van der Waals surface area contributed by atoms with Crippen LogP contribution in [0.3, 0.4) is 0 Å². The molecular formula is C13H11Cl2N3O. The Labute approximate surface area is 120 Å². The largest absolute Gasteiger partial charge is 0.399 e. The Morgan fingerprint density at radius 2 is 1.79 bits per heavy atom. The number of hydrogen-bond acceptors (Lipinski definition) is 3. The SMILES string of the molecule is NC(=O)c1cc(N)ccc1Nc1cc(Cl)ccc1Cl. The lowest BCUT2D eigenvalue weighted by Gasteiger charge is -2.12. The Bertz CT molecular complexity index is 644. The highest BCUT2D eigenvalue weighted by Crippen LogP contribution is 2.30. The van der Waals surface area contributed by atoms with Crippen LogP contribution in [0.15, 0.2) is 36.4 Å². The Morgan fingerprint density at radius 3 is 2.47 bits per heavy atom. The van der Waals surface area contributed by atoms with Crippen LogP contribution in [0, 0.1) is 0 Å². The molecule has 0 saturated heterocycles. The van der Waals surface area contributed by atoms with Crippen LogP contribution in [0.4, 0.5) is 17.1 Å². The summed E-state index contributed by atoms with van der Waals surface area (Å²) in [6, 6.07) is 9.81. The molecule has 6 heteroatoms. The third kappa shape index (κ3) is 3.10. The van der Waals surface area contributed by atoms with Gasteiger partial charge in [0.1, 0.15) is 0 Å². The quantitative estimate of drug-likeness (QED) is 0.759. The molecule has 0 aliphatic heterocycles. The second kappa shape index (κ2) is 5.38. The fourth-order valence-electron chi connectivity index (χ4n) is 1.61. The Kier molecular flexibility index (Phi) is 3.83. The summed E-state index contributed by atoms with van der Waals surface area (Å²) in [4.78, 5) is 11.4. The predicted molar refractivity (Wildman–Crippen MR) is 79.1 cm³/mol. The van der Waals surface area contributed by atoms with Crippen LogP contribution in [0.25, 0.3) is 0 Å². The number of primary amides is 1. The van der Waals surface area contributed by atoms with Crippen LogP contribution in [0.5, 0.6) is 0 Å². The van der Waals surface area contributed by atoms with E-state index in [0.29, 0.717) is 27.1 Å². The van der Waals surface area contributed by atoms with Crippen LogP contribution in [0.1, 0.15) is 10.4 Å². The van der Waals surface area contributed by atoms with Gasteiger partial charge < -0.3 is 16.8 Å². The summed E-state index contributed by atoms with van der Waals surface area (Å²) in [6.07, 6.45) is 0. The zero-order valence-corrected chi connectivity index (χ0v) is 11.3. The summed E-state index contributed by atoms with van der Waals surface area (Å²) >= 11 is 11.9. The summed E-state index contributed by atoms with van der Waals surface area (Å²) < 4.78 is 0. The fraction of sp³-hybridized carbons (Fsp3) is 0. The van der Waals surface area contributed by atoms with E-state index >= 15 is 0 Å². The average Bonchev–Trinajstić information content (AvgIpc) is 2.35. The minimum atomic E-state index is -0.576. The Morgan fingerprint density at radius 1 is 1.05 bits per heavy atom. The maximum absolute atomic E-state index is 11.4. The first-order valence-corrected chi connectivity index (χ1v) is 6.14. The van der Waals surface area contributed by atoms with Gasteiger partial charge in [-0.1, -0.05) is 23.2 Å². The maximum atomic E-state index is 11.4. The van der Waals surface area contributed by atoms with E-state index in [9.17, 15) is 4.79 Å². The molecule has 2 aromatic rings. The Balaban J connectivity index is 2.43. The van der Waals surface area contributed by atoms with Crippen molar-refractivity contribution < 1.29 is 4.79 Å². The van der Waals surface area contributed by atoms with Crippen molar-refractivity contribution in [3.8, 4) is 0 Å². The van der Waals surface area contributed by atoms with E-state index < -0.39 is 5.91 Å². The monoisotopic (exact) mass is 295 g/mol. The van der Waals surface area contributed by atoms with Crippen LogP contribution in [0.2, 0.25) is 10.0 Å². The molecule has 0 bridgehead atoms. The zero-order valence-electron chi connectivity index (χ0n) is 9.78. The molecule has 5 N–H and O–H groups in total. The smallest absolute Gasteiger partial charge is 0.250 e. The maximum Gasteiger partial charge on any atom is 0.250 e. The first-order valence-electron chi connectivity index (χ1n) is 5.39. The molecule has 0 saturated carbocycles. The van der Waals surface area contributed by atoms with Crippen molar-refractivity contribution in [3.63, 3.8) is 0 Å². The highest BCUT2D eigenvalue weighted by Gasteiger charge is 2.10. The van der Waals surface area contributed by atoms with E-state index in [1.54, 1.807) is 30.3 Å². The van der Waals surface area contributed by atoms with Crippen LogP contribution in [-0.4, -0.2) is 5.91 Å². The van der Waals surface area contributed by atoms with E-state index in [2.05, 4.69) is 5.32 Å². The number of nitrogen functional groups attached to an aromatic ring is 1. The number of anilines is 3. The summed E-state index contributed by atoms with van der Waals surface area (Å²) in [5.74, 6) is -0.576. The van der Waals surface area contributed by atoms with E-state index in [1.807, 2.05) is 0 Å². The molecule has 0 fully saturated rings. The van der Waals surface area contributed by atoms with Crippen molar-refractivity contribution in [1.29, 1.82) is 0 Å². The lowest BCUT2D eigenvalue weighted by atomic mass is 10.1. The molecule has 0 spiro atoms. The zero-order chi connectivity index (χ0) is 14.0. The van der Waals surface area contributed by atoms with E-state index in [-0.39, 0.29) is 5.56 Å². The topological polar surface area (TPSA) is 81.1 Å². The molecule has 0 atom stereocenters. The second-order valence-corrected chi connectivity index (χ2v) is 4.76. The molecule has 2 rings (SSSR count). The van der Waals surface area contributed by atoms with Crippen molar-refractivity contribution in [2.75, 3.05) is 11.1 Å². The lowest BCUT2D eigenvalue weighted by Crippen LogP contribution is -2.13. The third-order valence-corrected chi connectivity index (χ3v) is 3.07. The molecule has 1 amide bonds. The number of carbonyl (C=O) groups excluding carboxylic acids is 1. The number of halogens is 2. The highest BCUT2D eigenvalue weighted by atomic mass is 35.5. The molecule has 0 unspecified atom stereocenters. The van der Waals surface area contributed by atoms with Crippen LogP contribution >= 0.6 is 23.2 Å². The Hall–Kier alpha value is -1.91. The van der Waals surface area contributed by atoms with Gasteiger partial charge in [0.15, 0.2) is 0 Å². The number of nitrogens with two attached hydrogens (primary N) is 2. The number of rotatable bonds is 3. The average molecular weight is 296 g/mol. The van der Waals surface area contributed by atoms with Gasteiger partial charge in [0.05, 0.1) is 22.0 Å². The molecule has 2 aromatic carbocycles. The van der Waals surface area contributed by atoms with Gasteiger partial charge in [0, 0.05) is 10.7 Å². The molecule has 0 aromatic heterocycles. The highest BCUT2D eigenvalue weighted by molar-refractivity contribution is 6.35. The fourth-order valence-corrected chi connectivity index (χ4v) is 1.95. The third-order valence-electron chi connectivity index (χ3n) is 2.51. The summed E-state index contributed by atoms with van der Waals surface area (Å²) in [5, 5.41) is 4.03. The molecular weight excluding hydrogens is 285 g/mol. The first-order chi connectivity index (χ1) is 8.97. The summed E-state index contributed by atoms with van der Waals surface area (Å²) in [7, 11) is 0. The van der Waals surface area contributed by atoms with Gasteiger partial charge in [-0.2, -0.15) is 0 Å². The van der Waals surface area contributed by atoms with Crippen LogP contribution in [-0.2, 0) is 0 Å². The summed E-state index contributed by atoms with van der Waals surface area (Å²) in [5.41, 5.74) is 12.8. The van der Waals surface area contributed by atoms with Crippen LogP contribution < -0.4 is 16.8 Å². The molecule has 0 aliphatic carbocycles. The van der Waals surface area contributed by atoms with Crippen molar-refractivity contribution in [1.82, 2.24) is 0 Å².